The largest absolute Gasteiger partial charge is 0.444 e. The van der Waals surface area contributed by atoms with E-state index in [1.165, 1.54) is 25.8 Å². The molecule has 0 aromatic carbocycles. The van der Waals surface area contributed by atoms with Crippen LogP contribution in [0.4, 0.5) is 4.79 Å². The number of hydrogen-bond donors (Lipinski definition) is 1. The first kappa shape index (κ1) is 19.3. The number of piperazine rings is 1. The highest BCUT2D eigenvalue weighted by Crippen LogP contribution is 2.19. The van der Waals surface area contributed by atoms with Crippen LogP contribution in [0.2, 0.25) is 0 Å². The summed E-state index contributed by atoms with van der Waals surface area (Å²) in [6, 6.07) is 0.967. The van der Waals surface area contributed by atoms with Crippen LogP contribution in [0.25, 0.3) is 0 Å². The second kappa shape index (κ2) is 8.03. The molecule has 3 heterocycles. The van der Waals surface area contributed by atoms with E-state index in [4.69, 9.17) is 4.74 Å². The number of guanidine groups is 1. The molecule has 7 heteroatoms. The molecule has 0 aromatic heterocycles. The van der Waals surface area contributed by atoms with Crippen LogP contribution < -0.4 is 5.32 Å². The van der Waals surface area contributed by atoms with E-state index in [0.29, 0.717) is 19.1 Å². The number of ether oxygens (including phenoxy) is 1. The molecule has 0 spiro atoms. The van der Waals surface area contributed by atoms with Crippen LogP contribution >= 0.6 is 0 Å². The molecule has 1 amide bonds. The van der Waals surface area contributed by atoms with Crippen molar-refractivity contribution in [2.75, 3.05) is 45.8 Å². The lowest BCUT2D eigenvalue weighted by Gasteiger charge is -2.39. The van der Waals surface area contributed by atoms with E-state index in [-0.39, 0.29) is 12.1 Å². The minimum Gasteiger partial charge on any atom is -0.444 e. The number of nitrogens with one attached hydrogen (secondary N) is 1. The molecule has 26 heavy (non-hydrogen) atoms. The third-order valence-corrected chi connectivity index (χ3v) is 5.48. The van der Waals surface area contributed by atoms with Gasteiger partial charge in [-0.3, -0.25) is 9.89 Å². The molecule has 3 aliphatic heterocycles. The molecule has 0 radical (unpaired) electrons. The van der Waals surface area contributed by atoms with Crippen LogP contribution in [0.15, 0.2) is 4.99 Å². The molecule has 2 saturated heterocycles. The van der Waals surface area contributed by atoms with Gasteiger partial charge in [0.25, 0.3) is 0 Å². The Morgan fingerprint density at radius 3 is 2.81 bits per heavy atom. The molecule has 3 rings (SSSR count). The molecule has 7 nitrogen and oxygen atoms in total. The average molecular weight is 366 g/mol. The number of carbonyl (C=O) groups is 1. The van der Waals surface area contributed by atoms with Crippen molar-refractivity contribution in [3.05, 3.63) is 0 Å². The molecule has 0 saturated carbocycles. The van der Waals surface area contributed by atoms with Gasteiger partial charge in [-0.2, -0.15) is 0 Å². The van der Waals surface area contributed by atoms with Crippen molar-refractivity contribution in [2.24, 2.45) is 4.99 Å². The number of rotatable bonds is 3. The highest BCUT2D eigenvalue weighted by Gasteiger charge is 2.36. The van der Waals surface area contributed by atoms with E-state index < -0.39 is 5.60 Å². The summed E-state index contributed by atoms with van der Waals surface area (Å²) in [7, 11) is 0. The first-order valence-corrected chi connectivity index (χ1v) is 10.1. The molecule has 0 bridgehead atoms. The van der Waals surface area contributed by atoms with Gasteiger partial charge in [0.15, 0.2) is 5.96 Å². The average Bonchev–Trinajstić information content (AvgIpc) is 2.97. The monoisotopic (exact) mass is 365 g/mol. The van der Waals surface area contributed by atoms with Crippen LogP contribution in [-0.2, 0) is 4.74 Å². The van der Waals surface area contributed by atoms with E-state index >= 15 is 0 Å². The van der Waals surface area contributed by atoms with Crippen LogP contribution in [0.1, 0.15) is 47.0 Å². The summed E-state index contributed by atoms with van der Waals surface area (Å²) in [6.07, 6.45) is 3.79. The second-order valence-electron chi connectivity index (χ2n) is 8.75. The van der Waals surface area contributed by atoms with Gasteiger partial charge < -0.3 is 19.9 Å². The van der Waals surface area contributed by atoms with Gasteiger partial charge in [0.05, 0.1) is 12.6 Å². The van der Waals surface area contributed by atoms with Crippen LogP contribution in [0, 0.1) is 0 Å². The minimum absolute atomic E-state index is 0.211. The summed E-state index contributed by atoms with van der Waals surface area (Å²) < 4.78 is 5.50. The maximum Gasteiger partial charge on any atom is 0.410 e. The number of fused-ring (bicyclic) bond motifs is 1. The van der Waals surface area contributed by atoms with Gasteiger partial charge in [-0.15, -0.1) is 0 Å². The van der Waals surface area contributed by atoms with E-state index in [9.17, 15) is 4.79 Å². The van der Waals surface area contributed by atoms with Crippen LogP contribution in [0.5, 0.6) is 0 Å². The zero-order chi connectivity index (χ0) is 18.7. The lowest BCUT2D eigenvalue weighted by molar-refractivity contribution is 0.0137. The van der Waals surface area contributed by atoms with E-state index in [2.05, 4.69) is 27.0 Å². The van der Waals surface area contributed by atoms with Gasteiger partial charge in [-0.1, -0.05) is 6.42 Å². The normalized spacial score (nSPS) is 27.2. The first-order valence-electron chi connectivity index (χ1n) is 10.1. The molecule has 2 fully saturated rings. The molecular weight excluding hydrogens is 330 g/mol. The van der Waals surface area contributed by atoms with Crippen LogP contribution in [-0.4, -0.2) is 90.3 Å². The Balaban J connectivity index is 1.43. The van der Waals surface area contributed by atoms with Crippen molar-refractivity contribution >= 4 is 12.1 Å². The summed E-state index contributed by atoms with van der Waals surface area (Å²) in [5.74, 6) is 1.00. The van der Waals surface area contributed by atoms with Crippen molar-refractivity contribution in [3.63, 3.8) is 0 Å². The van der Waals surface area contributed by atoms with Gasteiger partial charge in [0.2, 0.25) is 0 Å². The summed E-state index contributed by atoms with van der Waals surface area (Å²) >= 11 is 0. The summed E-state index contributed by atoms with van der Waals surface area (Å²) in [5, 5.41) is 3.53. The third kappa shape index (κ3) is 4.81. The Bertz CT molecular complexity index is 531. The van der Waals surface area contributed by atoms with Crippen molar-refractivity contribution in [2.45, 2.75) is 64.6 Å². The predicted molar refractivity (Wildman–Crippen MR) is 103 cm³/mol. The zero-order valence-corrected chi connectivity index (χ0v) is 16.8. The Morgan fingerprint density at radius 1 is 1.27 bits per heavy atom. The fraction of sp³-hybridized carbons (Fsp3) is 0.895. The van der Waals surface area contributed by atoms with Gasteiger partial charge in [0.1, 0.15) is 5.60 Å². The van der Waals surface area contributed by atoms with Gasteiger partial charge in [-0.25, -0.2) is 4.79 Å². The lowest BCUT2D eigenvalue weighted by atomic mass is 10.0. The zero-order valence-electron chi connectivity index (χ0n) is 16.8. The Kier molecular flexibility index (Phi) is 5.95. The lowest BCUT2D eigenvalue weighted by Crippen LogP contribution is -2.58. The fourth-order valence-electron chi connectivity index (χ4n) is 4.02. The molecule has 1 N–H and O–H groups in total. The molecule has 2 atom stereocenters. The van der Waals surface area contributed by atoms with Crippen molar-refractivity contribution in [1.29, 1.82) is 0 Å². The quantitative estimate of drug-likeness (QED) is 0.826. The van der Waals surface area contributed by atoms with Gasteiger partial charge >= 0.3 is 6.09 Å². The Hall–Kier alpha value is -1.50. The Morgan fingerprint density at radius 2 is 2.08 bits per heavy atom. The third-order valence-electron chi connectivity index (χ3n) is 5.48. The van der Waals surface area contributed by atoms with Gasteiger partial charge in [0, 0.05) is 38.8 Å². The van der Waals surface area contributed by atoms with E-state index in [1.807, 2.05) is 25.7 Å². The number of piperidine rings is 1. The second-order valence-corrected chi connectivity index (χ2v) is 8.75. The van der Waals surface area contributed by atoms with Gasteiger partial charge in [-0.05, 0) is 47.1 Å². The SMILES string of the molecule is CC1CCCCN1CCNC1=NCC2CN(C(=O)OC(C)(C)C)CCN12. The molecular formula is C19H35N5O2. The van der Waals surface area contributed by atoms with E-state index in [0.717, 1.165) is 32.1 Å². The smallest absolute Gasteiger partial charge is 0.410 e. The molecule has 3 aliphatic rings. The molecule has 148 valence electrons. The van der Waals surface area contributed by atoms with Crippen molar-refractivity contribution in [3.8, 4) is 0 Å². The molecule has 0 aromatic rings. The van der Waals surface area contributed by atoms with Crippen LogP contribution in [0.3, 0.4) is 0 Å². The number of carbonyl (C=O) groups excluding carboxylic acids is 1. The number of hydrogen-bond acceptors (Lipinski definition) is 6. The van der Waals surface area contributed by atoms with Crippen molar-refractivity contribution in [1.82, 2.24) is 20.0 Å². The maximum atomic E-state index is 12.3. The number of amides is 1. The number of likely N-dealkylation sites (tertiary alicyclic amines) is 1. The number of aliphatic imine (C=N–C) groups is 1. The Labute approximate surface area is 157 Å². The molecule has 0 aliphatic carbocycles. The fourth-order valence-corrected chi connectivity index (χ4v) is 4.02. The molecule has 2 unspecified atom stereocenters. The maximum absolute atomic E-state index is 12.3. The predicted octanol–water partition coefficient (Wildman–Crippen LogP) is 1.74. The summed E-state index contributed by atoms with van der Waals surface area (Å²) in [5.41, 5.74) is -0.446. The summed E-state index contributed by atoms with van der Waals surface area (Å²) in [6.45, 7) is 14.2. The minimum atomic E-state index is -0.446. The first-order chi connectivity index (χ1) is 12.3. The van der Waals surface area contributed by atoms with Crippen molar-refractivity contribution < 1.29 is 9.53 Å². The topological polar surface area (TPSA) is 60.4 Å². The highest BCUT2D eigenvalue weighted by atomic mass is 16.6. The van der Waals surface area contributed by atoms with E-state index in [1.54, 1.807) is 0 Å². The standard InChI is InChI=1S/C19H35N5O2/c1-15-7-5-6-9-22(15)10-8-20-17-21-13-16-14-23(11-12-24(16)17)18(25)26-19(2,3)4/h15-16H,5-14H2,1-4H3,(H,20,21). The highest BCUT2D eigenvalue weighted by molar-refractivity contribution is 5.82. The number of nitrogens with zero attached hydrogens (tertiary/aromatic N) is 4. The summed E-state index contributed by atoms with van der Waals surface area (Å²) in [4.78, 5) is 23.7.